The van der Waals surface area contributed by atoms with Gasteiger partial charge in [0.1, 0.15) is 12.7 Å². The monoisotopic (exact) mass is 432 g/mol. The van der Waals surface area contributed by atoms with Crippen molar-refractivity contribution in [1.29, 1.82) is 0 Å². The second-order valence-electron chi connectivity index (χ2n) is 7.80. The van der Waals surface area contributed by atoms with Gasteiger partial charge in [0.15, 0.2) is 11.9 Å². The summed E-state index contributed by atoms with van der Waals surface area (Å²) in [6.45, 7) is 1.83. The van der Waals surface area contributed by atoms with Gasteiger partial charge in [0.2, 0.25) is 5.76 Å². The van der Waals surface area contributed by atoms with Gasteiger partial charge in [-0.15, -0.1) is 0 Å². The molecule has 30 heavy (non-hydrogen) atoms. The lowest BCUT2D eigenvalue weighted by Gasteiger charge is -2.17. The van der Waals surface area contributed by atoms with Gasteiger partial charge in [-0.25, -0.2) is 4.79 Å². The molecule has 176 valence electrons. The van der Waals surface area contributed by atoms with Crippen molar-refractivity contribution < 1.29 is 39.9 Å². The molecule has 0 fully saturated rings. The minimum Gasteiger partial charge on any atom is -0.505 e. The highest BCUT2D eigenvalue weighted by Gasteiger charge is 2.39. The summed E-state index contributed by atoms with van der Waals surface area (Å²) in [5.74, 6) is -3.21. The number of esters is 2. The normalized spacial score (nSPS) is 16.9. The maximum Gasteiger partial charge on any atom is 0.377 e. The maximum atomic E-state index is 11.7. The first-order valence-corrected chi connectivity index (χ1v) is 11.1. The first-order chi connectivity index (χ1) is 14.0. The molecule has 1 aliphatic heterocycles. The van der Waals surface area contributed by atoms with Crippen molar-refractivity contribution in [3.8, 4) is 0 Å². The number of carbonyl (C=O) groups is 2. The van der Waals surface area contributed by atoms with E-state index in [0.29, 0.717) is 0 Å². The Hall–Kier alpha value is -1.80. The Morgan fingerprint density at radius 3 is 1.83 bits per heavy atom. The van der Waals surface area contributed by atoms with Gasteiger partial charge in [-0.05, 0) is 6.42 Å². The van der Waals surface area contributed by atoms with Crippen LogP contribution < -0.4 is 0 Å². The lowest BCUT2D eigenvalue weighted by atomic mass is 10.0. The van der Waals surface area contributed by atoms with Gasteiger partial charge >= 0.3 is 11.9 Å². The summed E-state index contributed by atoms with van der Waals surface area (Å²) in [7, 11) is 0. The van der Waals surface area contributed by atoms with Crippen molar-refractivity contribution in [1.82, 2.24) is 0 Å². The van der Waals surface area contributed by atoms with Crippen molar-refractivity contribution >= 4 is 11.9 Å². The van der Waals surface area contributed by atoms with Crippen LogP contribution in [0.5, 0.6) is 0 Å². The quantitative estimate of drug-likeness (QED) is 0.234. The first-order valence-electron chi connectivity index (χ1n) is 11.1. The van der Waals surface area contributed by atoms with Crippen LogP contribution in [0.3, 0.4) is 0 Å². The van der Waals surface area contributed by atoms with Gasteiger partial charge in [-0.1, -0.05) is 84.0 Å². The first kappa shape index (κ1) is 28.2. The zero-order chi connectivity index (χ0) is 21.5. The minimum atomic E-state index is -1.42. The summed E-state index contributed by atoms with van der Waals surface area (Å²) in [4.78, 5) is 22.8. The van der Waals surface area contributed by atoms with Crippen LogP contribution in [0.4, 0.5) is 0 Å². The number of carbonyl (C=O) groups excluding carboxylic acids is 2. The van der Waals surface area contributed by atoms with E-state index in [1.54, 1.807) is 0 Å². The second-order valence-corrected chi connectivity index (χ2v) is 7.80. The zero-order valence-electron chi connectivity index (χ0n) is 18.2. The number of unbranched alkanes of at least 4 members (excludes halogenated alkanes) is 12. The van der Waals surface area contributed by atoms with Crippen LogP contribution in [0.1, 0.15) is 96.8 Å². The molecule has 0 saturated carbocycles. The minimum absolute atomic E-state index is 0. The van der Waals surface area contributed by atoms with E-state index in [2.05, 4.69) is 11.7 Å². The third-order valence-electron chi connectivity index (χ3n) is 5.19. The molecule has 5 N–H and O–H groups in total. The lowest BCUT2D eigenvalue weighted by molar-refractivity contribution is -0.154. The predicted octanol–water partition coefficient (Wildman–Crippen LogP) is 3.80. The molecular formula is C22H40O8. The van der Waals surface area contributed by atoms with E-state index >= 15 is 0 Å². The smallest absolute Gasteiger partial charge is 0.377 e. The van der Waals surface area contributed by atoms with Gasteiger partial charge in [-0.3, -0.25) is 4.79 Å². The number of aliphatic hydroxyl groups excluding tert-OH is 3. The van der Waals surface area contributed by atoms with E-state index in [-0.39, 0.29) is 11.9 Å². The Kier molecular flexibility index (Phi) is 15.9. The molecule has 0 aromatic carbocycles. The van der Waals surface area contributed by atoms with Crippen LogP contribution in [-0.2, 0) is 19.1 Å². The summed E-state index contributed by atoms with van der Waals surface area (Å²) in [5, 5.41) is 28.5. The Labute approximate surface area is 179 Å². The Morgan fingerprint density at radius 1 is 0.933 bits per heavy atom. The maximum absolute atomic E-state index is 11.7. The molecule has 8 heteroatoms. The third kappa shape index (κ3) is 11.4. The molecule has 0 aliphatic carbocycles. The van der Waals surface area contributed by atoms with Gasteiger partial charge < -0.3 is 30.3 Å². The molecule has 1 heterocycles. The number of ether oxygens (including phenoxy) is 2. The molecule has 0 unspecified atom stereocenters. The fraction of sp³-hybridized carbons (Fsp3) is 0.818. The highest BCUT2D eigenvalue weighted by molar-refractivity contribution is 5.89. The van der Waals surface area contributed by atoms with Crippen LogP contribution >= 0.6 is 0 Å². The van der Waals surface area contributed by atoms with E-state index in [0.717, 1.165) is 19.3 Å². The third-order valence-corrected chi connectivity index (χ3v) is 5.19. The van der Waals surface area contributed by atoms with Crippen molar-refractivity contribution in [2.24, 2.45) is 0 Å². The van der Waals surface area contributed by atoms with Crippen molar-refractivity contribution in [2.45, 2.75) is 109 Å². The number of hydrogen-bond donors (Lipinski definition) is 3. The van der Waals surface area contributed by atoms with Crippen LogP contribution in [-0.4, -0.2) is 51.5 Å². The standard InChI is InChI=1S/C22H38O7.H2O/c1-2-3-4-5-6-7-8-9-10-11-12-13-14-15-18(24)28-16-17(23)21-19(25)20(26)22(27)29-21;/h17,21,23,25-26H,2-16H2,1H3;1H2/t17-,21+;/m0./s1. The molecule has 0 aromatic heterocycles. The van der Waals surface area contributed by atoms with Gasteiger partial charge in [-0.2, -0.15) is 0 Å². The molecule has 1 rings (SSSR count). The van der Waals surface area contributed by atoms with Gasteiger partial charge in [0, 0.05) is 6.42 Å². The molecule has 2 atom stereocenters. The van der Waals surface area contributed by atoms with E-state index in [4.69, 9.17) is 4.74 Å². The van der Waals surface area contributed by atoms with Crippen molar-refractivity contribution in [3.05, 3.63) is 11.5 Å². The highest BCUT2D eigenvalue weighted by atomic mass is 16.6. The van der Waals surface area contributed by atoms with E-state index < -0.39 is 42.3 Å². The summed E-state index contributed by atoms with van der Waals surface area (Å²) in [6.07, 6.45) is 13.4. The van der Waals surface area contributed by atoms with Gasteiger partial charge in [0.05, 0.1) is 0 Å². The largest absolute Gasteiger partial charge is 0.505 e. The van der Waals surface area contributed by atoms with Crippen molar-refractivity contribution in [3.63, 3.8) is 0 Å². The SMILES string of the molecule is CCCCCCCCCCCCCCCC(=O)OC[C@H](O)[C@H]1OC(=O)C(O)=C1O.O. The fourth-order valence-corrected chi connectivity index (χ4v) is 3.35. The van der Waals surface area contributed by atoms with Crippen LogP contribution in [0.2, 0.25) is 0 Å². The second kappa shape index (κ2) is 16.9. The van der Waals surface area contributed by atoms with Crippen LogP contribution in [0.25, 0.3) is 0 Å². The Bertz CT molecular complexity index is 517. The summed E-state index contributed by atoms with van der Waals surface area (Å²) >= 11 is 0. The molecule has 1 aliphatic rings. The Morgan fingerprint density at radius 2 is 1.40 bits per heavy atom. The zero-order valence-corrected chi connectivity index (χ0v) is 18.2. The topological polar surface area (TPSA) is 145 Å². The Balaban J connectivity index is 0.00000841. The lowest BCUT2D eigenvalue weighted by Crippen LogP contribution is -2.33. The fourth-order valence-electron chi connectivity index (χ4n) is 3.35. The van der Waals surface area contributed by atoms with Crippen LogP contribution in [0.15, 0.2) is 11.5 Å². The molecule has 0 saturated heterocycles. The van der Waals surface area contributed by atoms with Crippen LogP contribution in [0, 0.1) is 0 Å². The summed E-state index contributed by atoms with van der Waals surface area (Å²) in [6, 6.07) is 0. The van der Waals surface area contributed by atoms with E-state index in [1.165, 1.54) is 64.2 Å². The molecule has 0 bridgehead atoms. The molecule has 0 spiro atoms. The number of aliphatic hydroxyl groups is 3. The van der Waals surface area contributed by atoms with E-state index in [1.807, 2.05) is 0 Å². The molecule has 0 aromatic rings. The molecule has 0 amide bonds. The number of cyclic esters (lactones) is 1. The average Bonchev–Trinajstić information content (AvgIpc) is 2.97. The number of hydrogen-bond acceptors (Lipinski definition) is 7. The average molecular weight is 433 g/mol. The highest BCUT2D eigenvalue weighted by Crippen LogP contribution is 2.21. The number of rotatable bonds is 17. The molecule has 8 nitrogen and oxygen atoms in total. The van der Waals surface area contributed by atoms with Gasteiger partial charge in [0.25, 0.3) is 0 Å². The van der Waals surface area contributed by atoms with Crippen molar-refractivity contribution in [2.75, 3.05) is 6.61 Å². The van der Waals surface area contributed by atoms with E-state index in [9.17, 15) is 24.9 Å². The molecule has 0 radical (unpaired) electrons. The molecular weight excluding hydrogens is 392 g/mol. The summed E-state index contributed by atoms with van der Waals surface area (Å²) in [5.41, 5.74) is 0. The predicted molar refractivity (Wildman–Crippen MR) is 113 cm³/mol. The summed E-state index contributed by atoms with van der Waals surface area (Å²) < 4.78 is 9.55.